The van der Waals surface area contributed by atoms with Crippen molar-refractivity contribution in [1.82, 2.24) is 0 Å². The Balaban J connectivity index is 2.22. The number of ether oxygens (including phenoxy) is 1. The molecule has 0 unspecified atom stereocenters. The van der Waals surface area contributed by atoms with Crippen LogP contribution in [0.25, 0.3) is 0 Å². The largest absolute Gasteiger partial charge is 0.482 e. The van der Waals surface area contributed by atoms with Crippen molar-refractivity contribution < 1.29 is 9.66 Å². The molecule has 0 aliphatic carbocycles. The minimum Gasteiger partial charge on any atom is -0.482 e. The fourth-order valence-electron chi connectivity index (χ4n) is 1.53. The van der Waals surface area contributed by atoms with Crippen LogP contribution in [0.15, 0.2) is 42.5 Å². The Kier molecular flexibility index (Phi) is 4.24. The van der Waals surface area contributed by atoms with Crippen LogP contribution in [0.4, 0.5) is 5.69 Å². The molecule has 0 radical (unpaired) electrons. The number of hydrogen-bond acceptors (Lipinski definition) is 3. The molecular formula is C13H9Cl2NO3. The smallest absolute Gasteiger partial charge is 0.311 e. The summed E-state index contributed by atoms with van der Waals surface area (Å²) in [6.07, 6.45) is 0. The van der Waals surface area contributed by atoms with Crippen LogP contribution in [0, 0.1) is 10.1 Å². The van der Waals surface area contributed by atoms with Gasteiger partial charge in [-0.1, -0.05) is 41.4 Å². The molecule has 0 aliphatic heterocycles. The second kappa shape index (κ2) is 5.91. The van der Waals surface area contributed by atoms with E-state index in [1.165, 1.54) is 18.2 Å². The van der Waals surface area contributed by atoms with Gasteiger partial charge in [0.15, 0.2) is 5.75 Å². The fourth-order valence-corrected chi connectivity index (χ4v) is 1.88. The maximum absolute atomic E-state index is 10.9. The van der Waals surface area contributed by atoms with E-state index in [1.54, 1.807) is 18.2 Å². The van der Waals surface area contributed by atoms with Crippen molar-refractivity contribution >= 4 is 28.9 Å². The molecular weight excluding hydrogens is 289 g/mol. The average Bonchev–Trinajstić information content (AvgIpc) is 2.37. The number of halogens is 2. The van der Waals surface area contributed by atoms with Gasteiger partial charge in [-0.25, -0.2) is 0 Å². The first-order chi connectivity index (χ1) is 9.08. The van der Waals surface area contributed by atoms with E-state index in [0.717, 1.165) is 5.56 Å². The summed E-state index contributed by atoms with van der Waals surface area (Å²) in [5.74, 6) is 0.123. The van der Waals surface area contributed by atoms with Crippen molar-refractivity contribution in [2.24, 2.45) is 0 Å². The standard InChI is InChI=1S/C13H9Cl2NO3/c14-10-5-6-12(16(17)18)13(7-10)19-8-9-3-1-2-4-11(9)15/h1-7H,8H2. The van der Waals surface area contributed by atoms with E-state index in [0.29, 0.717) is 10.0 Å². The van der Waals surface area contributed by atoms with Crippen LogP contribution in [0.3, 0.4) is 0 Å². The minimum atomic E-state index is -0.516. The van der Waals surface area contributed by atoms with Gasteiger partial charge >= 0.3 is 5.69 Å². The van der Waals surface area contributed by atoms with Crippen LogP contribution in [-0.2, 0) is 6.61 Å². The maximum atomic E-state index is 10.9. The maximum Gasteiger partial charge on any atom is 0.311 e. The van der Waals surface area contributed by atoms with E-state index < -0.39 is 4.92 Å². The van der Waals surface area contributed by atoms with Crippen LogP contribution < -0.4 is 4.74 Å². The van der Waals surface area contributed by atoms with Crippen LogP contribution in [0.5, 0.6) is 5.75 Å². The highest BCUT2D eigenvalue weighted by atomic mass is 35.5. The molecule has 0 saturated carbocycles. The quantitative estimate of drug-likeness (QED) is 0.617. The van der Waals surface area contributed by atoms with Crippen LogP contribution >= 0.6 is 23.2 Å². The molecule has 0 aliphatic rings. The number of nitro benzene ring substituents is 1. The van der Waals surface area contributed by atoms with Gasteiger partial charge in [0, 0.05) is 27.7 Å². The second-order valence-electron chi connectivity index (χ2n) is 3.75. The van der Waals surface area contributed by atoms with Crippen LogP contribution in [0.2, 0.25) is 10.0 Å². The Labute approximate surface area is 119 Å². The van der Waals surface area contributed by atoms with Crippen LogP contribution in [0.1, 0.15) is 5.56 Å². The highest BCUT2D eigenvalue weighted by Crippen LogP contribution is 2.31. The minimum absolute atomic E-state index is 0.123. The van der Waals surface area contributed by atoms with Gasteiger partial charge in [-0.15, -0.1) is 0 Å². The van der Waals surface area contributed by atoms with E-state index in [-0.39, 0.29) is 18.0 Å². The SMILES string of the molecule is O=[N+]([O-])c1ccc(Cl)cc1OCc1ccccc1Cl. The topological polar surface area (TPSA) is 52.4 Å². The van der Waals surface area contributed by atoms with Gasteiger partial charge in [-0.2, -0.15) is 0 Å². The summed E-state index contributed by atoms with van der Waals surface area (Å²) in [4.78, 5) is 10.4. The van der Waals surface area contributed by atoms with Gasteiger partial charge in [0.25, 0.3) is 0 Å². The summed E-state index contributed by atoms with van der Waals surface area (Å²) in [6.45, 7) is 0.140. The Morgan fingerprint density at radius 2 is 1.89 bits per heavy atom. The molecule has 4 nitrogen and oxygen atoms in total. The van der Waals surface area contributed by atoms with Gasteiger partial charge < -0.3 is 4.74 Å². The van der Waals surface area contributed by atoms with E-state index >= 15 is 0 Å². The molecule has 0 heterocycles. The second-order valence-corrected chi connectivity index (χ2v) is 4.59. The summed E-state index contributed by atoms with van der Waals surface area (Å²) in [7, 11) is 0. The molecule has 0 bridgehead atoms. The summed E-state index contributed by atoms with van der Waals surface area (Å²) in [5, 5.41) is 11.8. The van der Waals surface area contributed by atoms with Crippen molar-refractivity contribution in [3.8, 4) is 5.75 Å². The molecule has 19 heavy (non-hydrogen) atoms. The molecule has 98 valence electrons. The monoisotopic (exact) mass is 297 g/mol. The Morgan fingerprint density at radius 1 is 1.16 bits per heavy atom. The Morgan fingerprint density at radius 3 is 2.58 bits per heavy atom. The first-order valence-corrected chi connectivity index (χ1v) is 6.13. The lowest BCUT2D eigenvalue weighted by Gasteiger charge is -2.08. The summed E-state index contributed by atoms with van der Waals surface area (Å²) in [5.41, 5.74) is 0.620. The number of benzene rings is 2. The van der Waals surface area contributed by atoms with Crippen molar-refractivity contribution in [2.45, 2.75) is 6.61 Å². The summed E-state index contributed by atoms with van der Waals surface area (Å²) >= 11 is 11.8. The zero-order chi connectivity index (χ0) is 13.8. The normalized spacial score (nSPS) is 10.2. The van der Waals surface area contributed by atoms with Gasteiger partial charge in [0.05, 0.1) is 4.92 Å². The first kappa shape index (κ1) is 13.6. The molecule has 0 spiro atoms. The number of nitro groups is 1. The van der Waals surface area contributed by atoms with Crippen molar-refractivity contribution in [3.05, 3.63) is 68.2 Å². The van der Waals surface area contributed by atoms with Gasteiger partial charge in [-0.05, 0) is 12.1 Å². The molecule has 0 amide bonds. The summed E-state index contributed by atoms with van der Waals surface area (Å²) < 4.78 is 5.44. The zero-order valence-corrected chi connectivity index (χ0v) is 11.2. The van der Waals surface area contributed by atoms with Gasteiger partial charge in [-0.3, -0.25) is 10.1 Å². The average molecular weight is 298 g/mol. The molecule has 0 atom stereocenters. The molecule has 2 aromatic rings. The highest BCUT2D eigenvalue weighted by Gasteiger charge is 2.15. The molecule has 0 N–H and O–H groups in total. The zero-order valence-electron chi connectivity index (χ0n) is 9.68. The predicted octanol–water partition coefficient (Wildman–Crippen LogP) is 4.48. The number of rotatable bonds is 4. The first-order valence-electron chi connectivity index (χ1n) is 5.38. The van der Waals surface area contributed by atoms with E-state index in [9.17, 15) is 10.1 Å². The van der Waals surface area contributed by atoms with E-state index in [1.807, 2.05) is 6.07 Å². The van der Waals surface area contributed by atoms with Gasteiger partial charge in [0.2, 0.25) is 0 Å². The Hall–Kier alpha value is -1.78. The van der Waals surface area contributed by atoms with Gasteiger partial charge in [0.1, 0.15) is 6.61 Å². The third kappa shape index (κ3) is 3.36. The van der Waals surface area contributed by atoms with Crippen LogP contribution in [-0.4, -0.2) is 4.92 Å². The number of nitrogens with zero attached hydrogens (tertiary/aromatic N) is 1. The predicted molar refractivity (Wildman–Crippen MR) is 73.9 cm³/mol. The molecule has 0 fully saturated rings. The van der Waals surface area contributed by atoms with Crippen molar-refractivity contribution in [3.63, 3.8) is 0 Å². The lowest BCUT2D eigenvalue weighted by molar-refractivity contribution is -0.385. The third-order valence-corrected chi connectivity index (χ3v) is 3.06. The molecule has 6 heteroatoms. The van der Waals surface area contributed by atoms with Crippen molar-refractivity contribution in [1.29, 1.82) is 0 Å². The van der Waals surface area contributed by atoms with E-state index in [4.69, 9.17) is 27.9 Å². The number of hydrogen-bond donors (Lipinski definition) is 0. The van der Waals surface area contributed by atoms with Crippen molar-refractivity contribution in [2.75, 3.05) is 0 Å². The molecule has 0 saturated heterocycles. The molecule has 2 aromatic carbocycles. The summed E-state index contributed by atoms with van der Waals surface area (Å²) in [6, 6.07) is 11.3. The highest BCUT2D eigenvalue weighted by molar-refractivity contribution is 6.31. The Bertz CT molecular complexity index is 617. The molecule has 0 aromatic heterocycles. The lowest BCUT2D eigenvalue weighted by Crippen LogP contribution is -1.99. The fraction of sp³-hybridized carbons (Fsp3) is 0.0769. The third-order valence-electron chi connectivity index (χ3n) is 2.46. The molecule has 2 rings (SSSR count). The van der Waals surface area contributed by atoms with E-state index in [2.05, 4.69) is 0 Å². The lowest BCUT2D eigenvalue weighted by atomic mass is 10.2.